The van der Waals surface area contributed by atoms with Gasteiger partial charge in [-0.3, -0.25) is 5.32 Å². The Balaban J connectivity index is 2.40. The van der Waals surface area contributed by atoms with Crippen LogP contribution in [0.15, 0.2) is 29.3 Å². The van der Waals surface area contributed by atoms with E-state index < -0.39 is 0 Å². The molecule has 0 unspecified atom stereocenters. The summed E-state index contributed by atoms with van der Waals surface area (Å²) in [7, 11) is 0. The molecule has 0 aliphatic heterocycles. The Bertz CT molecular complexity index is 592. The molecule has 0 aliphatic rings. The SMILES string of the molecule is Cc1cc2cc(N=C(N)NC#N)ccc2s1. The lowest BCUT2D eigenvalue weighted by Gasteiger charge is -1.97. The van der Waals surface area contributed by atoms with Gasteiger partial charge in [-0.1, -0.05) is 0 Å². The van der Waals surface area contributed by atoms with E-state index in [2.05, 4.69) is 23.3 Å². The largest absolute Gasteiger partial charge is 0.369 e. The van der Waals surface area contributed by atoms with Crippen molar-refractivity contribution >= 4 is 33.1 Å². The first-order valence-corrected chi connectivity index (χ1v) is 5.50. The van der Waals surface area contributed by atoms with Crippen LogP contribution in [0.25, 0.3) is 10.1 Å². The Hall–Kier alpha value is -2.06. The molecular weight excluding hydrogens is 220 g/mol. The molecular formula is C11H10N4S. The Morgan fingerprint density at radius 3 is 3.06 bits per heavy atom. The molecule has 3 N–H and O–H groups in total. The standard InChI is InChI=1S/C11H10N4S/c1-7-4-8-5-9(2-3-10(8)16-7)15-11(13)14-6-12/h2-5H,1H3,(H3,13,14,15). The molecule has 0 saturated carbocycles. The van der Waals surface area contributed by atoms with Gasteiger partial charge >= 0.3 is 0 Å². The van der Waals surface area contributed by atoms with Gasteiger partial charge in [-0.15, -0.1) is 11.3 Å². The summed E-state index contributed by atoms with van der Waals surface area (Å²) in [6, 6.07) is 7.94. The monoisotopic (exact) mass is 230 g/mol. The first-order chi connectivity index (χ1) is 7.69. The van der Waals surface area contributed by atoms with Crippen LogP contribution in [0.2, 0.25) is 0 Å². The third kappa shape index (κ3) is 2.12. The van der Waals surface area contributed by atoms with Crippen molar-refractivity contribution in [1.82, 2.24) is 5.32 Å². The highest BCUT2D eigenvalue weighted by atomic mass is 32.1. The first kappa shape index (κ1) is 10.5. The van der Waals surface area contributed by atoms with Gasteiger partial charge in [-0.05, 0) is 36.6 Å². The van der Waals surface area contributed by atoms with Crippen molar-refractivity contribution in [1.29, 1.82) is 5.26 Å². The molecule has 16 heavy (non-hydrogen) atoms. The second-order valence-electron chi connectivity index (χ2n) is 3.31. The lowest BCUT2D eigenvalue weighted by atomic mass is 10.2. The quantitative estimate of drug-likeness (QED) is 0.341. The molecule has 0 fully saturated rings. The van der Waals surface area contributed by atoms with Gasteiger partial charge in [-0.25, -0.2) is 4.99 Å². The smallest absolute Gasteiger partial charge is 0.207 e. The van der Waals surface area contributed by atoms with E-state index in [0.29, 0.717) is 0 Å². The Labute approximate surface area is 97.0 Å². The van der Waals surface area contributed by atoms with Crippen LogP contribution >= 0.6 is 11.3 Å². The van der Waals surface area contributed by atoms with Gasteiger partial charge in [0.1, 0.15) is 0 Å². The van der Waals surface area contributed by atoms with Crippen molar-refractivity contribution in [2.45, 2.75) is 6.92 Å². The van der Waals surface area contributed by atoms with E-state index in [0.717, 1.165) is 11.1 Å². The summed E-state index contributed by atoms with van der Waals surface area (Å²) in [6.07, 6.45) is 1.73. The summed E-state index contributed by atoms with van der Waals surface area (Å²) < 4.78 is 1.23. The number of rotatable bonds is 1. The van der Waals surface area contributed by atoms with Gasteiger partial charge < -0.3 is 5.73 Å². The van der Waals surface area contributed by atoms with Gasteiger partial charge in [0.05, 0.1) is 5.69 Å². The Kier molecular flexibility index (Phi) is 2.75. The zero-order valence-corrected chi connectivity index (χ0v) is 9.51. The summed E-state index contributed by atoms with van der Waals surface area (Å²) in [5.41, 5.74) is 6.23. The topological polar surface area (TPSA) is 74.2 Å². The summed E-state index contributed by atoms with van der Waals surface area (Å²) in [6.45, 7) is 2.07. The zero-order valence-electron chi connectivity index (χ0n) is 8.69. The molecule has 0 saturated heterocycles. The molecule has 0 spiro atoms. The van der Waals surface area contributed by atoms with Gasteiger partial charge in [0.15, 0.2) is 6.19 Å². The first-order valence-electron chi connectivity index (χ1n) is 4.68. The molecule has 80 valence electrons. The van der Waals surface area contributed by atoms with E-state index >= 15 is 0 Å². The molecule has 0 bridgehead atoms. The fourth-order valence-corrected chi connectivity index (χ4v) is 2.36. The number of nitrogens with zero attached hydrogens (tertiary/aromatic N) is 2. The second-order valence-corrected chi connectivity index (χ2v) is 4.60. The fraction of sp³-hybridized carbons (Fsp3) is 0.0909. The lowest BCUT2D eigenvalue weighted by molar-refractivity contribution is 1.22. The zero-order chi connectivity index (χ0) is 11.5. The molecule has 0 atom stereocenters. The predicted octanol–water partition coefficient (Wildman–Crippen LogP) is 2.23. The van der Waals surface area contributed by atoms with Crippen LogP contribution in [0.4, 0.5) is 5.69 Å². The molecule has 0 amide bonds. The normalized spacial score (nSPS) is 11.4. The average molecular weight is 230 g/mol. The number of fused-ring (bicyclic) bond motifs is 1. The number of nitriles is 1. The number of aliphatic imine (C=N–C) groups is 1. The maximum absolute atomic E-state index is 8.37. The van der Waals surface area contributed by atoms with Gasteiger partial charge in [0, 0.05) is 9.58 Å². The van der Waals surface area contributed by atoms with E-state index in [9.17, 15) is 0 Å². The van der Waals surface area contributed by atoms with Crippen LogP contribution < -0.4 is 11.1 Å². The minimum Gasteiger partial charge on any atom is -0.369 e. The van der Waals surface area contributed by atoms with Crippen molar-refractivity contribution in [3.63, 3.8) is 0 Å². The number of hydrogen-bond donors (Lipinski definition) is 2. The molecule has 1 aromatic carbocycles. The van der Waals surface area contributed by atoms with Crippen molar-refractivity contribution < 1.29 is 0 Å². The Morgan fingerprint density at radius 2 is 2.31 bits per heavy atom. The van der Waals surface area contributed by atoms with Gasteiger partial charge in [0.25, 0.3) is 0 Å². The van der Waals surface area contributed by atoms with Crippen LogP contribution in [0.3, 0.4) is 0 Å². The second kappa shape index (κ2) is 4.21. The molecule has 1 heterocycles. The number of thiophene rings is 1. The number of guanidine groups is 1. The Morgan fingerprint density at radius 1 is 1.50 bits per heavy atom. The maximum Gasteiger partial charge on any atom is 0.207 e. The van der Waals surface area contributed by atoms with Gasteiger partial charge in [-0.2, -0.15) is 5.26 Å². The summed E-state index contributed by atoms with van der Waals surface area (Å²) in [4.78, 5) is 5.34. The fourth-order valence-electron chi connectivity index (χ4n) is 1.46. The summed E-state index contributed by atoms with van der Waals surface area (Å²) in [5.74, 6) is 0.105. The molecule has 2 rings (SSSR count). The number of nitrogens with two attached hydrogens (primary N) is 1. The van der Waals surface area contributed by atoms with Crippen LogP contribution in [0, 0.1) is 18.4 Å². The number of aryl methyl sites for hydroxylation is 1. The molecule has 2 aromatic rings. The van der Waals surface area contributed by atoms with E-state index in [1.165, 1.54) is 9.58 Å². The molecule has 0 aliphatic carbocycles. The lowest BCUT2D eigenvalue weighted by Crippen LogP contribution is -2.26. The van der Waals surface area contributed by atoms with Gasteiger partial charge in [0.2, 0.25) is 5.96 Å². The average Bonchev–Trinajstić information content (AvgIpc) is 2.57. The van der Waals surface area contributed by atoms with Crippen molar-refractivity contribution in [3.8, 4) is 6.19 Å². The molecule has 0 radical (unpaired) electrons. The minimum atomic E-state index is 0.105. The number of nitrogens with one attached hydrogen (secondary N) is 1. The molecule has 5 heteroatoms. The van der Waals surface area contributed by atoms with E-state index in [1.54, 1.807) is 17.5 Å². The van der Waals surface area contributed by atoms with Crippen molar-refractivity contribution in [3.05, 3.63) is 29.1 Å². The van der Waals surface area contributed by atoms with Crippen molar-refractivity contribution in [2.24, 2.45) is 10.7 Å². The molecule has 4 nitrogen and oxygen atoms in total. The summed E-state index contributed by atoms with van der Waals surface area (Å²) in [5, 5.41) is 11.8. The van der Waals surface area contributed by atoms with E-state index in [4.69, 9.17) is 11.0 Å². The summed E-state index contributed by atoms with van der Waals surface area (Å²) >= 11 is 1.74. The predicted molar refractivity (Wildman–Crippen MR) is 66.6 cm³/mol. The van der Waals surface area contributed by atoms with Crippen LogP contribution in [-0.2, 0) is 0 Å². The van der Waals surface area contributed by atoms with E-state index in [-0.39, 0.29) is 5.96 Å². The highest BCUT2D eigenvalue weighted by Crippen LogP contribution is 2.28. The third-order valence-electron chi connectivity index (χ3n) is 2.06. The third-order valence-corrected chi connectivity index (χ3v) is 3.09. The van der Waals surface area contributed by atoms with Crippen LogP contribution in [0.5, 0.6) is 0 Å². The van der Waals surface area contributed by atoms with Crippen LogP contribution in [0.1, 0.15) is 4.88 Å². The van der Waals surface area contributed by atoms with Crippen molar-refractivity contribution in [2.75, 3.05) is 0 Å². The molecule has 1 aromatic heterocycles. The highest BCUT2D eigenvalue weighted by molar-refractivity contribution is 7.19. The number of benzene rings is 1. The van der Waals surface area contributed by atoms with Crippen LogP contribution in [-0.4, -0.2) is 5.96 Å². The maximum atomic E-state index is 8.37. The highest BCUT2D eigenvalue weighted by Gasteiger charge is 1.99. The minimum absolute atomic E-state index is 0.105. The van der Waals surface area contributed by atoms with E-state index in [1.807, 2.05) is 18.2 Å². The number of hydrogen-bond acceptors (Lipinski definition) is 3.